The van der Waals surface area contributed by atoms with E-state index in [-0.39, 0.29) is 12.2 Å². The minimum absolute atomic E-state index is 0.0608. The van der Waals surface area contributed by atoms with Crippen LogP contribution in [0.1, 0.15) is 11.1 Å². The van der Waals surface area contributed by atoms with Crippen LogP contribution in [0.3, 0.4) is 0 Å². The Balaban J connectivity index is 2.10. The second-order valence-corrected chi connectivity index (χ2v) is 5.56. The summed E-state index contributed by atoms with van der Waals surface area (Å²) in [4.78, 5) is 22.6. The van der Waals surface area contributed by atoms with Crippen LogP contribution in [0.5, 0.6) is 17.2 Å². The fraction of sp³-hybridized carbons (Fsp3) is 0.278. The van der Waals surface area contributed by atoms with Crippen LogP contribution in [0.25, 0.3) is 0 Å². The molecule has 2 aromatic carbocycles. The highest BCUT2D eigenvalue weighted by Crippen LogP contribution is 2.39. The number of benzene rings is 2. The SMILES string of the molecule is COc1ccc(CNC(=O)Nc2ccc(C)c([N+](=O)[O-])c2)c(OC)c1OC. The van der Waals surface area contributed by atoms with Gasteiger partial charge in [0.1, 0.15) is 0 Å². The Labute approximate surface area is 156 Å². The number of nitro groups is 1. The number of anilines is 1. The number of carbonyl (C=O) groups is 1. The minimum atomic E-state index is -0.509. The van der Waals surface area contributed by atoms with Gasteiger partial charge in [-0.2, -0.15) is 0 Å². The third-order valence-corrected chi connectivity index (χ3v) is 3.89. The number of nitro benzene ring substituents is 1. The number of ether oxygens (including phenoxy) is 3. The predicted octanol–water partition coefficient (Wildman–Crippen LogP) is 3.25. The molecule has 0 aromatic heterocycles. The van der Waals surface area contributed by atoms with Crippen molar-refractivity contribution in [3.63, 3.8) is 0 Å². The molecule has 0 fully saturated rings. The molecular weight excluding hydrogens is 354 g/mol. The van der Waals surface area contributed by atoms with Crippen molar-refractivity contribution in [2.24, 2.45) is 0 Å². The number of hydrogen-bond acceptors (Lipinski definition) is 6. The van der Waals surface area contributed by atoms with E-state index in [2.05, 4.69) is 10.6 Å². The van der Waals surface area contributed by atoms with Crippen molar-refractivity contribution >= 4 is 17.4 Å². The number of carbonyl (C=O) groups excluding carboxylic acids is 1. The van der Waals surface area contributed by atoms with Gasteiger partial charge in [-0.25, -0.2) is 4.79 Å². The second kappa shape index (κ2) is 8.75. The monoisotopic (exact) mass is 375 g/mol. The first-order valence-electron chi connectivity index (χ1n) is 7.99. The quantitative estimate of drug-likeness (QED) is 0.567. The Kier molecular flexibility index (Phi) is 6.42. The van der Waals surface area contributed by atoms with Gasteiger partial charge in [-0.1, -0.05) is 6.07 Å². The molecule has 0 heterocycles. The van der Waals surface area contributed by atoms with Crippen molar-refractivity contribution in [3.05, 3.63) is 51.6 Å². The van der Waals surface area contributed by atoms with Crippen LogP contribution < -0.4 is 24.8 Å². The van der Waals surface area contributed by atoms with Crippen LogP contribution in [0.4, 0.5) is 16.2 Å². The van der Waals surface area contributed by atoms with Crippen LogP contribution in [0, 0.1) is 17.0 Å². The molecule has 0 bridgehead atoms. The summed E-state index contributed by atoms with van der Waals surface area (Å²) in [6.07, 6.45) is 0. The van der Waals surface area contributed by atoms with Crippen LogP contribution in [-0.4, -0.2) is 32.3 Å². The molecule has 0 aliphatic rings. The lowest BCUT2D eigenvalue weighted by molar-refractivity contribution is -0.385. The van der Waals surface area contributed by atoms with E-state index in [0.717, 1.165) is 0 Å². The first kappa shape index (κ1) is 19.8. The van der Waals surface area contributed by atoms with Gasteiger partial charge in [0.2, 0.25) is 5.75 Å². The molecule has 0 unspecified atom stereocenters. The summed E-state index contributed by atoms with van der Waals surface area (Å²) in [5, 5.41) is 16.2. The number of aryl methyl sites for hydroxylation is 1. The molecule has 0 aliphatic carbocycles. The predicted molar refractivity (Wildman–Crippen MR) is 99.8 cm³/mol. The third kappa shape index (κ3) is 4.57. The minimum Gasteiger partial charge on any atom is -0.493 e. The standard InChI is InChI=1S/C18H21N3O6/c1-11-5-7-13(9-14(11)21(23)24)20-18(22)19-10-12-6-8-15(25-2)17(27-4)16(12)26-3/h5-9H,10H2,1-4H3,(H2,19,20,22). The molecule has 9 nitrogen and oxygen atoms in total. The maximum absolute atomic E-state index is 12.1. The topological polar surface area (TPSA) is 112 Å². The maximum atomic E-state index is 12.1. The van der Waals surface area contributed by atoms with Crippen molar-refractivity contribution in [1.29, 1.82) is 0 Å². The van der Waals surface area contributed by atoms with Crippen LogP contribution in [0.15, 0.2) is 30.3 Å². The zero-order valence-corrected chi connectivity index (χ0v) is 15.5. The van der Waals surface area contributed by atoms with E-state index >= 15 is 0 Å². The molecule has 0 spiro atoms. The molecule has 2 aromatic rings. The lowest BCUT2D eigenvalue weighted by Crippen LogP contribution is -2.28. The molecule has 0 aliphatic heterocycles. The Morgan fingerprint density at radius 2 is 1.78 bits per heavy atom. The molecule has 0 saturated heterocycles. The number of methoxy groups -OCH3 is 3. The summed E-state index contributed by atoms with van der Waals surface area (Å²) < 4.78 is 15.9. The fourth-order valence-electron chi connectivity index (χ4n) is 2.54. The first-order chi connectivity index (χ1) is 12.9. The molecule has 2 N–H and O–H groups in total. The summed E-state index contributed by atoms with van der Waals surface area (Å²) in [6.45, 7) is 1.79. The molecule has 9 heteroatoms. The average Bonchev–Trinajstić information content (AvgIpc) is 2.66. The highest BCUT2D eigenvalue weighted by atomic mass is 16.6. The normalized spacial score (nSPS) is 10.1. The van der Waals surface area contributed by atoms with Crippen molar-refractivity contribution in [1.82, 2.24) is 5.32 Å². The lowest BCUT2D eigenvalue weighted by atomic mass is 10.1. The number of rotatable bonds is 7. The summed E-state index contributed by atoms with van der Waals surface area (Å²) in [7, 11) is 4.50. The molecule has 0 atom stereocenters. The zero-order valence-electron chi connectivity index (χ0n) is 15.5. The summed E-state index contributed by atoms with van der Waals surface area (Å²) in [5.74, 6) is 1.38. The number of amides is 2. The largest absolute Gasteiger partial charge is 0.493 e. The Morgan fingerprint density at radius 3 is 2.37 bits per heavy atom. The summed E-state index contributed by atoms with van der Waals surface area (Å²) >= 11 is 0. The molecule has 0 saturated carbocycles. The van der Waals surface area contributed by atoms with Gasteiger partial charge in [0.05, 0.1) is 26.3 Å². The van der Waals surface area contributed by atoms with E-state index in [4.69, 9.17) is 14.2 Å². The van der Waals surface area contributed by atoms with E-state index < -0.39 is 11.0 Å². The maximum Gasteiger partial charge on any atom is 0.319 e. The molecular formula is C18H21N3O6. The van der Waals surface area contributed by atoms with Gasteiger partial charge in [-0.15, -0.1) is 0 Å². The van der Waals surface area contributed by atoms with E-state index in [0.29, 0.717) is 34.1 Å². The second-order valence-electron chi connectivity index (χ2n) is 5.56. The highest BCUT2D eigenvalue weighted by molar-refractivity contribution is 5.89. The van der Waals surface area contributed by atoms with Crippen molar-refractivity contribution < 1.29 is 23.9 Å². The van der Waals surface area contributed by atoms with Gasteiger partial charge < -0.3 is 24.8 Å². The van der Waals surface area contributed by atoms with E-state index in [1.165, 1.54) is 27.4 Å². The molecule has 2 amide bonds. The smallest absolute Gasteiger partial charge is 0.319 e. The van der Waals surface area contributed by atoms with E-state index in [1.54, 1.807) is 31.2 Å². The van der Waals surface area contributed by atoms with Gasteiger partial charge in [0.15, 0.2) is 11.5 Å². The van der Waals surface area contributed by atoms with Crippen molar-refractivity contribution in [2.45, 2.75) is 13.5 Å². The Bertz CT molecular complexity index is 853. The highest BCUT2D eigenvalue weighted by Gasteiger charge is 2.17. The first-order valence-corrected chi connectivity index (χ1v) is 7.99. The van der Waals surface area contributed by atoms with Gasteiger partial charge in [0.25, 0.3) is 5.69 Å². The van der Waals surface area contributed by atoms with Gasteiger partial charge in [-0.05, 0) is 25.1 Å². The van der Waals surface area contributed by atoms with Crippen molar-refractivity contribution in [3.8, 4) is 17.2 Å². The number of hydrogen-bond donors (Lipinski definition) is 2. The average molecular weight is 375 g/mol. The zero-order chi connectivity index (χ0) is 20.0. The molecule has 0 radical (unpaired) electrons. The Morgan fingerprint density at radius 1 is 1.07 bits per heavy atom. The third-order valence-electron chi connectivity index (χ3n) is 3.89. The molecule has 144 valence electrons. The number of nitrogens with zero attached hydrogens (tertiary/aromatic N) is 1. The van der Waals surface area contributed by atoms with Crippen molar-refractivity contribution in [2.75, 3.05) is 26.6 Å². The van der Waals surface area contributed by atoms with Gasteiger partial charge >= 0.3 is 6.03 Å². The van der Waals surface area contributed by atoms with Gasteiger partial charge in [0, 0.05) is 29.4 Å². The van der Waals surface area contributed by atoms with E-state index in [9.17, 15) is 14.9 Å². The fourth-order valence-corrected chi connectivity index (χ4v) is 2.54. The van der Waals surface area contributed by atoms with Crippen LogP contribution in [0.2, 0.25) is 0 Å². The molecule has 2 rings (SSSR count). The summed E-state index contributed by atoms with van der Waals surface area (Å²) in [6, 6.07) is 7.43. The lowest BCUT2D eigenvalue weighted by Gasteiger charge is -2.16. The number of nitrogens with one attached hydrogen (secondary N) is 2. The van der Waals surface area contributed by atoms with Crippen LogP contribution >= 0.6 is 0 Å². The van der Waals surface area contributed by atoms with E-state index in [1.807, 2.05) is 0 Å². The Hall–Kier alpha value is -3.49. The summed E-state index contributed by atoms with van der Waals surface area (Å²) in [5.41, 5.74) is 1.46. The van der Waals surface area contributed by atoms with Crippen LogP contribution in [-0.2, 0) is 6.54 Å². The number of urea groups is 1. The van der Waals surface area contributed by atoms with Gasteiger partial charge in [-0.3, -0.25) is 10.1 Å². The molecule has 27 heavy (non-hydrogen) atoms.